The van der Waals surface area contributed by atoms with Gasteiger partial charge in [0.1, 0.15) is 47.4 Å². The van der Waals surface area contributed by atoms with Crippen LogP contribution in [-0.2, 0) is 88.2 Å². The highest BCUT2D eigenvalue weighted by atomic mass is 16.3. The number of aliphatic hydroxyl groups excluding tert-OH is 4. The summed E-state index contributed by atoms with van der Waals surface area (Å²) in [6, 6.07) is 14.2. The molecule has 0 fully saturated rings. The Morgan fingerprint density at radius 2 is 0.388 bits per heavy atom. The lowest BCUT2D eigenvalue weighted by atomic mass is 9.64. The summed E-state index contributed by atoms with van der Waals surface area (Å²) >= 11 is 0. The molecule has 85 heavy (non-hydrogen) atoms. The minimum Gasteiger partial charge on any atom is -0.507 e. The number of benzene rings is 4. The Morgan fingerprint density at radius 3 is 0.494 bits per heavy atom. The van der Waals surface area contributed by atoms with Crippen LogP contribution in [0.4, 0.5) is 0 Å². The third-order valence-corrected chi connectivity index (χ3v) is 16.7. The molecule has 0 aliphatic rings. The standard InChI is InChI=1S/C73H108O12/c1-65(2,3)45-33-41(34-46(57(45)78)66(4,5)6)25-29-53(74)61(82)73(62(83)54(75)30-26-42-35-47(67(7,8)9)58(79)48(36-42)68(10,11)12,63(84)55(76)31-27-43-37-49(69(13,14)15)59(80)50(38-43)70(16,17)18)64(85)56(77)32-28-44-39-51(71(19,20)21)60(81)52(40-44)72(22,23)24/h33-40,53-56,74-81H,25-32H2,1-24H3. The highest BCUT2D eigenvalue weighted by Crippen LogP contribution is 2.45. The largest absolute Gasteiger partial charge is 0.507 e. The van der Waals surface area contributed by atoms with E-state index >= 15 is 19.2 Å². The van der Waals surface area contributed by atoms with Crippen LogP contribution in [0.3, 0.4) is 0 Å². The molecular formula is C73H108O12. The highest BCUT2D eigenvalue weighted by Gasteiger charge is 2.63. The molecule has 4 aromatic carbocycles. The molecule has 12 heteroatoms. The second kappa shape index (κ2) is 25.4. The first-order valence-electron chi connectivity index (χ1n) is 30.6. The molecule has 4 unspecified atom stereocenters. The molecule has 0 bridgehead atoms. The van der Waals surface area contributed by atoms with E-state index in [9.17, 15) is 40.9 Å². The van der Waals surface area contributed by atoms with Crippen LogP contribution in [0.25, 0.3) is 0 Å². The van der Waals surface area contributed by atoms with Crippen LogP contribution in [-0.4, -0.2) is 88.4 Å². The van der Waals surface area contributed by atoms with Gasteiger partial charge in [-0.3, -0.25) is 19.2 Å². The number of aromatic hydroxyl groups is 4. The maximum atomic E-state index is 15.8. The molecule has 0 aliphatic carbocycles. The van der Waals surface area contributed by atoms with Crippen molar-refractivity contribution in [3.8, 4) is 23.0 Å². The summed E-state index contributed by atoms with van der Waals surface area (Å²) in [5.41, 5.74) is -0.817. The molecule has 472 valence electrons. The fourth-order valence-electron chi connectivity index (χ4n) is 11.4. The number of hydrogen-bond donors (Lipinski definition) is 8. The van der Waals surface area contributed by atoms with Crippen molar-refractivity contribution >= 4 is 23.1 Å². The number of rotatable bonds is 20. The first-order valence-corrected chi connectivity index (χ1v) is 30.6. The first kappa shape index (κ1) is 72.1. The van der Waals surface area contributed by atoms with Crippen LogP contribution in [0.2, 0.25) is 0 Å². The zero-order valence-electron chi connectivity index (χ0n) is 56.3. The van der Waals surface area contributed by atoms with Crippen molar-refractivity contribution in [2.45, 2.75) is 285 Å². The molecule has 0 saturated carbocycles. The Hall–Kier alpha value is -5.40. The van der Waals surface area contributed by atoms with Crippen molar-refractivity contribution in [3.05, 3.63) is 115 Å². The summed E-state index contributed by atoms with van der Waals surface area (Å²) in [5, 5.41) is 95.8. The van der Waals surface area contributed by atoms with Gasteiger partial charge in [-0.1, -0.05) is 215 Å². The van der Waals surface area contributed by atoms with Gasteiger partial charge in [0.05, 0.1) is 0 Å². The summed E-state index contributed by atoms with van der Waals surface area (Å²) in [6.45, 7) is 46.5. The second-order valence-corrected chi connectivity index (χ2v) is 32.6. The van der Waals surface area contributed by atoms with Crippen LogP contribution in [0.15, 0.2) is 48.5 Å². The number of aliphatic hydroxyl groups is 4. The van der Waals surface area contributed by atoms with Crippen LogP contribution in [0, 0.1) is 5.41 Å². The molecular weight excluding hydrogens is 1070 g/mol. The molecule has 4 atom stereocenters. The average Bonchev–Trinajstić information content (AvgIpc) is 2.28. The van der Waals surface area contributed by atoms with Crippen molar-refractivity contribution in [2.75, 3.05) is 0 Å². The Kier molecular flexibility index (Phi) is 21.5. The number of carbonyl (C=O) groups is 4. The normalized spacial score (nSPS) is 15.5. The van der Waals surface area contributed by atoms with Crippen LogP contribution in [0.1, 0.15) is 259 Å². The highest BCUT2D eigenvalue weighted by molar-refractivity contribution is 6.41. The Balaban J connectivity index is 2.03. The zero-order valence-corrected chi connectivity index (χ0v) is 56.3. The maximum Gasteiger partial charge on any atom is 0.214 e. The molecule has 0 aliphatic heterocycles. The SMILES string of the molecule is CC(C)(C)c1cc(CCC(O)C(=O)C(C(=O)C(O)CCc2cc(C(C)(C)C)c(O)c(C(C)(C)C)c2)(C(=O)C(O)CCc2cc(C(C)(C)C)c(O)c(C(C)(C)C)c2)C(=O)C(O)CCc2cc(C(C)(C)C)c(O)c(C(C)(C)C)c2)cc(C(C)(C)C)c1O. The molecule has 12 nitrogen and oxygen atoms in total. The van der Waals surface area contributed by atoms with Crippen molar-refractivity contribution in [1.29, 1.82) is 0 Å². The van der Waals surface area contributed by atoms with Gasteiger partial charge in [-0.15, -0.1) is 0 Å². The van der Waals surface area contributed by atoms with E-state index in [1.165, 1.54) is 0 Å². The van der Waals surface area contributed by atoms with Crippen molar-refractivity contribution in [3.63, 3.8) is 0 Å². The molecule has 4 rings (SSSR count). The molecule has 0 heterocycles. The Labute approximate surface area is 509 Å². The van der Waals surface area contributed by atoms with Gasteiger partial charge in [0, 0.05) is 0 Å². The van der Waals surface area contributed by atoms with E-state index in [1.807, 2.05) is 166 Å². The third-order valence-electron chi connectivity index (χ3n) is 16.7. The minimum absolute atomic E-state index is 0.0487. The molecule has 8 N–H and O–H groups in total. The number of phenols is 4. The molecule has 4 aromatic rings. The van der Waals surface area contributed by atoms with Crippen LogP contribution < -0.4 is 0 Å². The van der Waals surface area contributed by atoms with Gasteiger partial charge >= 0.3 is 0 Å². The Bertz CT molecular complexity index is 2540. The maximum absolute atomic E-state index is 15.8. The van der Waals surface area contributed by atoms with Crippen LogP contribution in [0.5, 0.6) is 23.0 Å². The molecule has 0 amide bonds. The predicted molar refractivity (Wildman–Crippen MR) is 342 cm³/mol. The summed E-state index contributed by atoms with van der Waals surface area (Å²) in [6.07, 6.45) is -11.0. The van der Waals surface area contributed by atoms with E-state index in [-0.39, 0.29) is 48.7 Å². The van der Waals surface area contributed by atoms with Crippen molar-refractivity contribution in [1.82, 2.24) is 0 Å². The summed E-state index contributed by atoms with van der Waals surface area (Å²) in [7, 11) is 0. The van der Waals surface area contributed by atoms with Gasteiger partial charge in [0.25, 0.3) is 0 Å². The van der Waals surface area contributed by atoms with Gasteiger partial charge in [-0.25, -0.2) is 0 Å². The molecule has 0 radical (unpaired) electrons. The average molecular weight is 1180 g/mol. The summed E-state index contributed by atoms with van der Waals surface area (Å²) < 4.78 is 0. The topological polar surface area (TPSA) is 230 Å². The van der Waals surface area contributed by atoms with E-state index in [0.717, 1.165) is 0 Å². The lowest BCUT2D eigenvalue weighted by Crippen LogP contribution is -2.63. The monoisotopic (exact) mass is 1180 g/mol. The first-order chi connectivity index (χ1) is 38.2. The quantitative estimate of drug-likeness (QED) is 0.0387. The van der Waals surface area contributed by atoms with Gasteiger partial charge in [-0.05, 0) is 161 Å². The summed E-state index contributed by atoms with van der Waals surface area (Å²) in [4.78, 5) is 63.3. The van der Waals surface area contributed by atoms with Crippen molar-refractivity contribution < 1.29 is 60.0 Å². The van der Waals surface area contributed by atoms with Crippen LogP contribution >= 0.6 is 0 Å². The lowest BCUT2D eigenvalue weighted by molar-refractivity contribution is -0.168. The van der Waals surface area contributed by atoms with Gasteiger partial charge < -0.3 is 40.9 Å². The zero-order chi connectivity index (χ0) is 65.7. The van der Waals surface area contributed by atoms with E-state index in [2.05, 4.69) is 0 Å². The minimum atomic E-state index is -3.66. The lowest BCUT2D eigenvalue weighted by Gasteiger charge is -2.35. The van der Waals surface area contributed by atoms with E-state index in [0.29, 0.717) is 66.8 Å². The number of hydrogen-bond acceptors (Lipinski definition) is 12. The molecule has 0 saturated heterocycles. The number of ketones is 4. The fourth-order valence-corrected chi connectivity index (χ4v) is 11.4. The molecule has 0 aromatic heterocycles. The Morgan fingerprint density at radius 1 is 0.271 bits per heavy atom. The number of Topliss-reactive ketones (excluding diaryl/α,β-unsaturated/α-hetero) is 4. The predicted octanol–water partition coefficient (Wildman–Crippen LogP) is 13.4. The van der Waals surface area contributed by atoms with E-state index < -0.39 is 122 Å². The number of phenolic OH excluding ortho intramolecular Hbond substituents is 4. The second-order valence-electron chi connectivity index (χ2n) is 32.6. The van der Waals surface area contributed by atoms with Gasteiger partial charge in [-0.2, -0.15) is 0 Å². The number of aryl methyl sites for hydroxylation is 4. The third kappa shape index (κ3) is 16.6. The van der Waals surface area contributed by atoms with Crippen molar-refractivity contribution in [2.24, 2.45) is 5.41 Å². The van der Waals surface area contributed by atoms with E-state index in [1.54, 1.807) is 48.5 Å². The smallest absolute Gasteiger partial charge is 0.214 e. The van der Waals surface area contributed by atoms with Gasteiger partial charge in [0.15, 0.2) is 23.1 Å². The van der Waals surface area contributed by atoms with Gasteiger partial charge in [0.2, 0.25) is 5.41 Å². The number of carbonyl (C=O) groups excluding carboxylic acids is 4. The fraction of sp³-hybridized carbons (Fsp3) is 0.616. The van der Waals surface area contributed by atoms with E-state index in [4.69, 9.17) is 0 Å². The summed E-state index contributed by atoms with van der Waals surface area (Å²) in [5.74, 6) is -6.01. The molecule has 0 spiro atoms.